The Hall–Kier alpha value is -0.930. The summed E-state index contributed by atoms with van der Waals surface area (Å²) >= 11 is 0. The molecule has 0 radical (unpaired) electrons. The van der Waals surface area contributed by atoms with E-state index in [1.807, 2.05) is 19.1 Å². The largest absolute Gasteiger partial charge is 0.314 e. The highest BCUT2D eigenvalue weighted by molar-refractivity contribution is 5.09. The summed E-state index contributed by atoms with van der Waals surface area (Å²) in [4.78, 5) is 3.92. The molecule has 0 atom stereocenters. The van der Waals surface area contributed by atoms with E-state index in [1.165, 1.54) is 10.6 Å². The van der Waals surface area contributed by atoms with E-state index in [0.29, 0.717) is 13.1 Å². The van der Waals surface area contributed by atoms with E-state index in [-0.39, 0.29) is 0 Å². The Balaban J connectivity index is 2.33. The molecule has 3 nitrogen and oxygen atoms in total. The van der Waals surface area contributed by atoms with Crippen LogP contribution in [0.1, 0.15) is 12.5 Å². The molecule has 0 saturated carbocycles. The van der Waals surface area contributed by atoms with E-state index in [9.17, 15) is 0 Å². The Bertz CT molecular complexity index is 213. The molecule has 0 aliphatic carbocycles. The molecule has 3 heteroatoms. The fourth-order valence-electron chi connectivity index (χ4n) is 0.966. The van der Waals surface area contributed by atoms with E-state index in [0.717, 1.165) is 6.42 Å². The van der Waals surface area contributed by atoms with Crippen LogP contribution in [0.3, 0.4) is 0 Å². The lowest BCUT2D eigenvalue weighted by atomic mass is 10.2. The number of likely N-dealkylation sites (N-methyl/N-ethyl adjacent to an activating group) is 1. The Morgan fingerprint density at radius 1 is 1.42 bits per heavy atom. The maximum Gasteiger partial charge on any atom is 0.0278 e. The highest BCUT2D eigenvalue weighted by Crippen LogP contribution is 1.97. The average Bonchev–Trinajstić information content (AvgIpc) is 2.16. The fraction of sp³-hybridized carbons (Fsp3) is 0.444. The van der Waals surface area contributed by atoms with E-state index in [4.69, 9.17) is 5.21 Å². The molecule has 0 fully saturated rings. The first kappa shape index (κ1) is 9.16. The number of nitrogens with zero attached hydrogens (tertiary/aromatic N) is 2. The molecular weight excluding hydrogens is 152 g/mol. The maximum atomic E-state index is 9.14. The third-order valence-corrected chi connectivity index (χ3v) is 1.77. The third kappa shape index (κ3) is 2.98. The Labute approximate surface area is 72.6 Å². The molecule has 1 aromatic heterocycles. The minimum Gasteiger partial charge on any atom is -0.314 e. The molecule has 1 rings (SSSR count). The van der Waals surface area contributed by atoms with Crippen LogP contribution < -0.4 is 0 Å². The smallest absolute Gasteiger partial charge is 0.0278 e. The van der Waals surface area contributed by atoms with Gasteiger partial charge < -0.3 is 5.21 Å². The summed E-state index contributed by atoms with van der Waals surface area (Å²) in [6, 6.07) is 3.92. The molecule has 1 aromatic rings. The summed E-state index contributed by atoms with van der Waals surface area (Å²) < 4.78 is 0. The molecule has 0 amide bonds. The summed E-state index contributed by atoms with van der Waals surface area (Å²) in [5.41, 5.74) is 1.21. The summed E-state index contributed by atoms with van der Waals surface area (Å²) in [7, 11) is 0. The van der Waals surface area contributed by atoms with E-state index >= 15 is 0 Å². The van der Waals surface area contributed by atoms with Crippen molar-refractivity contribution in [2.45, 2.75) is 13.3 Å². The van der Waals surface area contributed by atoms with Gasteiger partial charge in [0.15, 0.2) is 0 Å². The molecule has 0 aromatic carbocycles. The van der Waals surface area contributed by atoms with Crippen LogP contribution in [0, 0.1) is 0 Å². The molecule has 1 heterocycles. The first-order valence-corrected chi connectivity index (χ1v) is 4.15. The first-order valence-electron chi connectivity index (χ1n) is 4.15. The van der Waals surface area contributed by atoms with E-state index < -0.39 is 0 Å². The zero-order valence-electron chi connectivity index (χ0n) is 7.27. The minimum absolute atomic E-state index is 0.672. The summed E-state index contributed by atoms with van der Waals surface area (Å²) in [6.45, 7) is 3.28. The molecule has 66 valence electrons. The monoisotopic (exact) mass is 166 g/mol. The number of aromatic nitrogens is 1. The van der Waals surface area contributed by atoms with E-state index in [1.54, 1.807) is 12.4 Å². The lowest BCUT2D eigenvalue weighted by molar-refractivity contribution is -0.0849. The molecular formula is C9H14N2O. The highest BCUT2D eigenvalue weighted by atomic mass is 16.5. The van der Waals surface area contributed by atoms with Gasteiger partial charge in [0.1, 0.15) is 0 Å². The van der Waals surface area contributed by atoms with Crippen LogP contribution >= 0.6 is 0 Å². The minimum atomic E-state index is 0.672. The summed E-state index contributed by atoms with van der Waals surface area (Å²) in [5, 5.41) is 10.4. The molecule has 12 heavy (non-hydrogen) atoms. The molecule has 0 unspecified atom stereocenters. The fourth-order valence-corrected chi connectivity index (χ4v) is 0.966. The maximum absolute atomic E-state index is 9.14. The van der Waals surface area contributed by atoms with Crippen molar-refractivity contribution >= 4 is 0 Å². The zero-order chi connectivity index (χ0) is 8.81. The quantitative estimate of drug-likeness (QED) is 0.686. The normalized spacial score (nSPS) is 10.6. The SMILES string of the molecule is CCN(O)CCc1ccncc1. The van der Waals surface area contributed by atoms with Crippen LogP contribution in [0.4, 0.5) is 0 Å². The van der Waals surface area contributed by atoms with Crippen LogP contribution in [0.2, 0.25) is 0 Å². The number of hydrogen-bond donors (Lipinski definition) is 1. The van der Waals surface area contributed by atoms with E-state index in [2.05, 4.69) is 4.98 Å². The van der Waals surface area contributed by atoms with Crippen molar-refractivity contribution in [1.82, 2.24) is 10.0 Å². The second kappa shape index (κ2) is 4.85. The predicted molar refractivity (Wildman–Crippen MR) is 47.0 cm³/mol. The van der Waals surface area contributed by atoms with Crippen LogP contribution in [-0.4, -0.2) is 28.3 Å². The van der Waals surface area contributed by atoms with Gasteiger partial charge in [0, 0.05) is 25.5 Å². The second-order valence-electron chi connectivity index (χ2n) is 2.65. The lowest BCUT2D eigenvalue weighted by Gasteiger charge is -2.10. The Kier molecular flexibility index (Phi) is 3.70. The van der Waals surface area contributed by atoms with Crippen molar-refractivity contribution in [3.63, 3.8) is 0 Å². The highest BCUT2D eigenvalue weighted by Gasteiger charge is 1.96. The number of pyridine rings is 1. The predicted octanol–water partition coefficient (Wildman–Crippen LogP) is 1.34. The number of hydrogen-bond acceptors (Lipinski definition) is 3. The molecule has 1 N–H and O–H groups in total. The number of hydroxylamine groups is 2. The van der Waals surface area contributed by atoms with Crippen molar-refractivity contribution in [1.29, 1.82) is 0 Å². The van der Waals surface area contributed by atoms with Gasteiger partial charge in [-0.3, -0.25) is 4.98 Å². The van der Waals surface area contributed by atoms with Gasteiger partial charge in [0.25, 0.3) is 0 Å². The van der Waals surface area contributed by atoms with Crippen LogP contribution in [0.15, 0.2) is 24.5 Å². The van der Waals surface area contributed by atoms with Gasteiger partial charge in [-0.2, -0.15) is 5.06 Å². The van der Waals surface area contributed by atoms with Gasteiger partial charge in [-0.15, -0.1) is 0 Å². The first-order chi connectivity index (χ1) is 5.83. The molecule has 0 bridgehead atoms. The van der Waals surface area contributed by atoms with Gasteiger partial charge in [-0.1, -0.05) is 6.92 Å². The van der Waals surface area contributed by atoms with Crippen molar-refractivity contribution < 1.29 is 5.21 Å². The van der Waals surface area contributed by atoms with Crippen LogP contribution in [-0.2, 0) is 6.42 Å². The Morgan fingerprint density at radius 3 is 2.67 bits per heavy atom. The van der Waals surface area contributed by atoms with Crippen molar-refractivity contribution in [3.8, 4) is 0 Å². The van der Waals surface area contributed by atoms with Crippen LogP contribution in [0.25, 0.3) is 0 Å². The van der Waals surface area contributed by atoms with Gasteiger partial charge in [-0.25, -0.2) is 0 Å². The molecule has 0 spiro atoms. The van der Waals surface area contributed by atoms with Crippen molar-refractivity contribution in [2.24, 2.45) is 0 Å². The standard InChI is InChI=1S/C9H14N2O/c1-2-11(12)8-5-9-3-6-10-7-4-9/h3-4,6-7,12H,2,5,8H2,1H3. The van der Waals surface area contributed by atoms with Gasteiger partial charge >= 0.3 is 0 Å². The van der Waals surface area contributed by atoms with Crippen molar-refractivity contribution in [2.75, 3.05) is 13.1 Å². The topological polar surface area (TPSA) is 36.4 Å². The zero-order valence-corrected chi connectivity index (χ0v) is 7.27. The second-order valence-corrected chi connectivity index (χ2v) is 2.65. The van der Waals surface area contributed by atoms with Crippen molar-refractivity contribution in [3.05, 3.63) is 30.1 Å². The van der Waals surface area contributed by atoms with Gasteiger partial charge in [0.2, 0.25) is 0 Å². The third-order valence-electron chi connectivity index (χ3n) is 1.77. The molecule has 0 aliphatic rings. The number of rotatable bonds is 4. The Morgan fingerprint density at radius 2 is 2.08 bits per heavy atom. The molecule has 0 saturated heterocycles. The lowest BCUT2D eigenvalue weighted by Crippen LogP contribution is -2.21. The van der Waals surface area contributed by atoms with Gasteiger partial charge in [-0.05, 0) is 24.1 Å². The summed E-state index contributed by atoms with van der Waals surface area (Å²) in [5.74, 6) is 0. The van der Waals surface area contributed by atoms with Crippen LogP contribution in [0.5, 0.6) is 0 Å². The van der Waals surface area contributed by atoms with Gasteiger partial charge in [0.05, 0.1) is 0 Å². The molecule has 0 aliphatic heterocycles. The summed E-state index contributed by atoms with van der Waals surface area (Å²) in [6.07, 6.45) is 4.40. The average molecular weight is 166 g/mol.